The number of carbonyl (C=O) groups is 1. The monoisotopic (exact) mass is 251 g/mol. The Bertz CT molecular complexity index is 400. The number of phenols is 1. The molecular weight excluding hydrogens is 234 g/mol. The number of rotatable bonds is 6. The first-order chi connectivity index (χ1) is 8.65. The number of carbonyl (C=O) groups excluding carboxylic acids is 1. The van der Waals surface area contributed by atoms with E-state index in [1.54, 1.807) is 30.3 Å². The van der Waals surface area contributed by atoms with E-state index in [4.69, 9.17) is 14.9 Å². The molecule has 0 aromatic heterocycles. The van der Waals surface area contributed by atoms with E-state index in [-0.39, 0.29) is 24.9 Å². The summed E-state index contributed by atoms with van der Waals surface area (Å²) in [6, 6.07) is 6.06. The van der Waals surface area contributed by atoms with Crippen molar-refractivity contribution in [2.75, 3.05) is 20.3 Å². The molecule has 0 saturated heterocycles. The Hall–Kier alpha value is -1.85. The van der Waals surface area contributed by atoms with Gasteiger partial charge in [-0.1, -0.05) is 12.1 Å². The molecule has 0 radical (unpaired) electrons. The van der Waals surface area contributed by atoms with E-state index >= 15 is 0 Å². The summed E-state index contributed by atoms with van der Waals surface area (Å²) in [6.07, 6.45) is 2.99. The fourth-order valence-electron chi connectivity index (χ4n) is 1.35. The van der Waals surface area contributed by atoms with Crippen LogP contribution < -0.4 is 5.32 Å². The maximum Gasteiger partial charge on any atom is 0.244 e. The predicted molar refractivity (Wildman–Crippen MR) is 68.0 cm³/mol. The van der Waals surface area contributed by atoms with Crippen LogP contribution >= 0.6 is 0 Å². The van der Waals surface area contributed by atoms with Crippen LogP contribution in [-0.4, -0.2) is 42.5 Å². The minimum absolute atomic E-state index is 0.174. The molecule has 0 aliphatic heterocycles. The molecule has 0 spiro atoms. The van der Waals surface area contributed by atoms with Crippen LogP contribution in [0.2, 0.25) is 0 Å². The molecule has 98 valence electrons. The number of benzene rings is 1. The Balaban J connectivity index is 2.50. The van der Waals surface area contributed by atoms with Gasteiger partial charge in [-0.2, -0.15) is 0 Å². The molecule has 0 heterocycles. The highest BCUT2D eigenvalue weighted by molar-refractivity contribution is 5.91. The summed E-state index contributed by atoms with van der Waals surface area (Å²) in [6.45, 7) is 0.0852. The molecule has 1 amide bonds. The highest BCUT2D eigenvalue weighted by atomic mass is 16.5. The number of amides is 1. The molecule has 5 heteroatoms. The molecular formula is C13H17NO4. The minimum Gasteiger partial charge on any atom is -0.508 e. The van der Waals surface area contributed by atoms with E-state index in [0.29, 0.717) is 0 Å². The molecule has 1 rings (SSSR count). The van der Waals surface area contributed by atoms with Crippen molar-refractivity contribution in [2.45, 2.75) is 6.04 Å². The van der Waals surface area contributed by atoms with Gasteiger partial charge in [0.2, 0.25) is 5.91 Å². The molecule has 0 bridgehead atoms. The minimum atomic E-state index is -0.410. The van der Waals surface area contributed by atoms with Crippen LogP contribution in [0.5, 0.6) is 5.75 Å². The SMILES string of the molecule is COCC(CO)NC(=O)/C=C/c1ccc(O)cc1. The first-order valence-electron chi connectivity index (χ1n) is 5.53. The molecule has 3 N–H and O–H groups in total. The summed E-state index contributed by atoms with van der Waals surface area (Å²) < 4.78 is 4.85. The predicted octanol–water partition coefficient (Wildman–Crippen LogP) is 0.529. The normalized spacial score (nSPS) is 12.6. The number of methoxy groups -OCH3 is 1. The van der Waals surface area contributed by atoms with Gasteiger partial charge in [0.05, 0.1) is 19.3 Å². The van der Waals surface area contributed by atoms with Crippen molar-refractivity contribution >= 4 is 12.0 Å². The second-order valence-electron chi connectivity index (χ2n) is 3.77. The van der Waals surface area contributed by atoms with E-state index in [0.717, 1.165) is 5.56 Å². The maximum atomic E-state index is 11.5. The number of hydrogen-bond donors (Lipinski definition) is 3. The molecule has 18 heavy (non-hydrogen) atoms. The molecule has 5 nitrogen and oxygen atoms in total. The van der Waals surface area contributed by atoms with E-state index < -0.39 is 6.04 Å². The second kappa shape index (κ2) is 7.47. The van der Waals surface area contributed by atoms with Crippen molar-refractivity contribution < 1.29 is 19.7 Å². The van der Waals surface area contributed by atoms with Crippen molar-refractivity contribution in [3.63, 3.8) is 0 Å². The zero-order valence-electron chi connectivity index (χ0n) is 10.2. The lowest BCUT2D eigenvalue weighted by molar-refractivity contribution is -0.117. The summed E-state index contributed by atoms with van der Waals surface area (Å²) in [5.74, 6) is -0.129. The van der Waals surface area contributed by atoms with Gasteiger partial charge in [0.1, 0.15) is 5.75 Å². The van der Waals surface area contributed by atoms with E-state index in [1.807, 2.05) is 0 Å². The largest absolute Gasteiger partial charge is 0.508 e. The third-order valence-electron chi connectivity index (χ3n) is 2.25. The number of ether oxygens (including phenoxy) is 1. The van der Waals surface area contributed by atoms with Gasteiger partial charge in [0.15, 0.2) is 0 Å². The number of aromatic hydroxyl groups is 1. The van der Waals surface area contributed by atoms with Crippen LogP contribution in [0.15, 0.2) is 30.3 Å². The van der Waals surface area contributed by atoms with Gasteiger partial charge >= 0.3 is 0 Å². The number of aliphatic hydroxyl groups excluding tert-OH is 1. The number of phenolic OH excluding ortho intramolecular Hbond substituents is 1. The first kappa shape index (κ1) is 14.2. The van der Waals surface area contributed by atoms with Gasteiger partial charge in [-0.3, -0.25) is 4.79 Å². The lowest BCUT2D eigenvalue weighted by Gasteiger charge is -2.13. The molecule has 1 atom stereocenters. The Morgan fingerprint density at radius 3 is 2.67 bits per heavy atom. The molecule has 1 unspecified atom stereocenters. The number of hydrogen-bond acceptors (Lipinski definition) is 4. The lowest BCUT2D eigenvalue weighted by Crippen LogP contribution is -2.39. The summed E-state index contributed by atoms with van der Waals surface area (Å²) in [5.41, 5.74) is 0.801. The molecule has 0 saturated carbocycles. The van der Waals surface area contributed by atoms with Gasteiger partial charge in [-0.05, 0) is 23.8 Å². The van der Waals surface area contributed by atoms with E-state index in [1.165, 1.54) is 13.2 Å². The topological polar surface area (TPSA) is 78.8 Å². The van der Waals surface area contributed by atoms with Crippen molar-refractivity contribution in [3.8, 4) is 5.75 Å². The van der Waals surface area contributed by atoms with Crippen molar-refractivity contribution in [3.05, 3.63) is 35.9 Å². The van der Waals surface area contributed by atoms with Crippen molar-refractivity contribution in [2.24, 2.45) is 0 Å². The fraction of sp³-hybridized carbons (Fsp3) is 0.308. The Kier molecular flexibility index (Phi) is 5.90. The van der Waals surface area contributed by atoms with Gasteiger partial charge in [-0.25, -0.2) is 0 Å². The summed E-state index contributed by atoms with van der Waals surface area (Å²) in [7, 11) is 1.50. The van der Waals surface area contributed by atoms with Crippen LogP contribution in [0.3, 0.4) is 0 Å². The van der Waals surface area contributed by atoms with Crippen LogP contribution in [0.25, 0.3) is 6.08 Å². The molecule has 1 aromatic rings. The van der Waals surface area contributed by atoms with Gasteiger partial charge in [0, 0.05) is 13.2 Å². The Morgan fingerprint density at radius 2 is 2.11 bits per heavy atom. The number of aliphatic hydroxyl groups is 1. The third kappa shape index (κ3) is 4.99. The van der Waals surface area contributed by atoms with Crippen LogP contribution in [0.4, 0.5) is 0 Å². The average molecular weight is 251 g/mol. The molecule has 1 aromatic carbocycles. The molecule has 0 aliphatic rings. The third-order valence-corrected chi connectivity index (χ3v) is 2.25. The highest BCUT2D eigenvalue weighted by Crippen LogP contribution is 2.10. The van der Waals surface area contributed by atoms with Gasteiger partial charge in [0.25, 0.3) is 0 Å². The van der Waals surface area contributed by atoms with Crippen LogP contribution in [-0.2, 0) is 9.53 Å². The lowest BCUT2D eigenvalue weighted by atomic mass is 10.2. The van der Waals surface area contributed by atoms with Gasteiger partial charge in [-0.15, -0.1) is 0 Å². The fourth-order valence-corrected chi connectivity index (χ4v) is 1.35. The Morgan fingerprint density at radius 1 is 1.44 bits per heavy atom. The Labute approximate surface area is 106 Å². The first-order valence-corrected chi connectivity index (χ1v) is 5.53. The highest BCUT2D eigenvalue weighted by Gasteiger charge is 2.08. The van der Waals surface area contributed by atoms with Crippen molar-refractivity contribution in [1.29, 1.82) is 0 Å². The van der Waals surface area contributed by atoms with Crippen molar-refractivity contribution in [1.82, 2.24) is 5.32 Å². The van der Waals surface area contributed by atoms with Gasteiger partial charge < -0.3 is 20.3 Å². The van der Waals surface area contributed by atoms with E-state index in [2.05, 4.69) is 5.32 Å². The maximum absolute atomic E-state index is 11.5. The summed E-state index contributed by atoms with van der Waals surface area (Å²) in [5, 5.41) is 20.7. The molecule has 0 fully saturated rings. The average Bonchev–Trinajstić information content (AvgIpc) is 2.37. The number of nitrogens with one attached hydrogen (secondary N) is 1. The quantitative estimate of drug-likeness (QED) is 0.644. The summed E-state index contributed by atoms with van der Waals surface area (Å²) in [4.78, 5) is 11.5. The summed E-state index contributed by atoms with van der Waals surface area (Å²) >= 11 is 0. The zero-order chi connectivity index (χ0) is 13.4. The van der Waals surface area contributed by atoms with Crippen LogP contribution in [0, 0.1) is 0 Å². The van der Waals surface area contributed by atoms with E-state index in [9.17, 15) is 4.79 Å². The molecule has 0 aliphatic carbocycles. The second-order valence-corrected chi connectivity index (χ2v) is 3.77. The standard InChI is InChI=1S/C13H17NO4/c1-18-9-11(8-15)14-13(17)7-4-10-2-5-12(16)6-3-10/h2-7,11,15-16H,8-9H2,1H3,(H,14,17)/b7-4+. The smallest absolute Gasteiger partial charge is 0.244 e. The zero-order valence-corrected chi connectivity index (χ0v) is 10.2. The van der Waals surface area contributed by atoms with Crippen LogP contribution in [0.1, 0.15) is 5.56 Å².